The van der Waals surface area contributed by atoms with Crippen LogP contribution in [0.2, 0.25) is 5.02 Å². The summed E-state index contributed by atoms with van der Waals surface area (Å²) in [5.41, 5.74) is 5.94. The van der Waals surface area contributed by atoms with E-state index in [4.69, 9.17) is 17.3 Å². The molecule has 7 heteroatoms. The molecule has 20 heavy (non-hydrogen) atoms. The maximum Gasteiger partial charge on any atom is 0.387 e. The fourth-order valence-electron chi connectivity index (χ4n) is 1.54. The maximum atomic E-state index is 12.3. The number of benzene rings is 1. The second kappa shape index (κ2) is 8.01. The minimum atomic E-state index is -2.93. The summed E-state index contributed by atoms with van der Waals surface area (Å²) >= 11 is 5.80. The van der Waals surface area contributed by atoms with Crippen LogP contribution in [0.15, 0.2) is 18.2 Å². The SMILES string of the molecule is CC(N)CCC(=O)NCc1cc(Cl)ccc1OC(F)F. The van der Waals surface area contributed by atoms with Crippen LogP contribution in [-0.4, -0.2) is 18.6 Å². The number of nitrogens with two attached hydrogens (primary N) is 1. The number of ether oxygens (including phenoxy) is 1. The van der Waals surface area contributed by atoms with Gasteiger partial charge in [0.1, 0.15) is 5.75 Å². The van der Waals surface area contributed by atoms with Crippen LogP contribution in [0, 0.1) is 0 Å². The molecule has 0 aliphatic carbocycles. The summed E-state index contributed by atoms with van der Waals surface area (Å²) in [6, 6.07) is 4.20. The Labute approximate surface area is 121 Å². The van der Waals surface area contributed by atoms with Crippen molar-refractivity contribution in [3.63, 3.8) is 0 Å². The minimum absolute atomic E-state index is 0.00288. The van der Waals surface area contributed by atoms with Crippen molar-refractivity contribution in [3.8, 4) is 5.75 Å². The van der Waals surface area contributed by atoms with Gasteiger partial charge >= 0.3 is 6.61 Å². The highest BCUT2D eigenvalue weighted by Crippen LogP contribution is 2.24. The van der Waals surface area contributed by atoms with Gasteiger partial charge in [-0.15, -0.1) is 0 Å². The Bertz CT molecular complexity index is 456. The first kappa shape index (κ1) is 16.7. The van der Waals surface area contributed by atoms with Gasteiger partial charge in [-0.2, -0.15) is 8.78 Å². The Morgan fingerprint density at radius 1 is 1.50 bits per heavy atom. The average Bonchev–Trinajstić information content (AvgIpc) is 2.36. The fourth-order valence-corrected chi connectivity index (χ4v) is 1.73. The first-order valence-electron chi connectivity index (χ1n) is 6.14. The van der Waals surface area contributed by atoms with E-state index in [0.29, 0.717) is 17.0 Å². The topological polar surface area (TPSA) is 64.4 Å². The molecular weight excluding hydrogens is 290 g/mol. The summed E-state index contributed by atoms with van der Waals surface area (Å²) in [6.07, 6.45) is 0.838. The lowest BCUT2D eigenvalue weighted by Crippen LogP contribution is -2.25. The lowest BCUT2D eigenvalue weighted by atomic mass is 10.1. The summed E-state index contributed by atoms with van der Waals surface area (Å²) in [5, 5.41) is 3.00. The number of rotatable bonds is 7. The van der Waals surface area contributed by atoms with Crippen molar-refractivity contribution in [1.82, 2.24) is 5.32 Å². The van der Waals surface area contributed by atoms with Crippen molar-refractivity contribution < 1.29 is 18.3 Å². The van der Waals surface area contributed by atoms with Crippen molar-refractivity contribution in [2.75, 3.05) is 0 Å². The first-order chi connectivity index (χ1) is 9.38. The van der Waals surface area contributed by atoms with E-state index in [1.54, 1.807) is 6.92 Å². The van der Waals surface area contributed by atoms with Crippen LogP contribution < -0.4 is 15.8 Å². The Kier molecular flexibility index (Phi) is 6.67. The highest BCUT2D eigenvalue weighted by molar-refractivity contribution is 6.30. The number of amides is 1. The molecule has 0 heterocycles. The van der Waals surface area contributed by atoms with Crippen molar-refractivity contribution in [2.24, 2.45) is 5.73 Å². The highest BCUT2D eigenvalue weighted by Gasteiger charge is 2.11. The molecule has 0 bridgehead atoms. The van der Waals surface area contributed by atoms with E-state index in [-0.39, 0.29) is 30.7 Å². The average molecular weight is 307 g/mol. The number of carbonyl (C=O) groups is 1. The maximum absolute atomic E-state index is 12.3. The number of nitrogens with one attached hydrogen (secondary N) is 1. The smallest absolute Gasteiger partial charge is 0.387 e. The molecule has 1 aromatic rings. The van der Waals surface area contributed by atoms with E-state index in [9.17, 15) is 13.6 Å². The third-order valence-electron chi connectivity index (χ3n) is 2.54. The van der Waals surface area contributed by atoms with Crippen LogP contribution in [0.1, 0.15) is 25.3 Å². The molecule has 1 amide bonds. The largest absolute Gasteiger partial charge is 0.434 e. The predicted octanol–water partition coefficient (Wildman–Crippen LogP) is 2.69. The van der Waals surface area contributed by atoms with E-state index in [1.807, 2.05) is 0 Å². The standard InChI is InChI=1S/C13H17ClF2N2O2/c1-8(17)2-5-12(19)18-7-9-6-10(14)3-4-11(9)20-13(15)16/h3-4,6,8,13H,2,5,7,17H2,1H3,(H,18,19). The van der Waals surface area contributed by atoms with E-state index in [2.05, 4.69) is 10.1 Å². The molecule has 112 valence electrons. The van der Waals surface area contributed by atoms with Gasteiger partial charge in [0.25, 0.3) is 0 Å². The summed E-state index contributed by atoms with van der Waals surface area (Å²) in [4.78, 5) is 11.6. The highest BCUT2D eigenvalue weighted by atomic mass is 35.5. The van der Waals surface area contributed by atoms with Gasteiger partial charge in [0.2, 0.25) is 5.91 Å². The normalized spacial score (nSPS) is 12.3. The lowest BCUT2D eigenvalue weighted by molar-refractivity contribution is -0.121. The van der Waals surface area contributed by atoms with Gasteiger partial charge in [-0.1, -0.05) is 11.6 Å². The molecule has 0 fully saturated rings. The molecule has 3 N–H and O–H groups in total. The fraction of sp³-hybridized carbons (Fsp3) is 0.462. The molecule has 4 nitrogen and oxygen atoms in total. The van der Waals surface area contributed by atoms with Gasteiger partial charge in [-0.05, 0) is 31.5 Å². The minimum Gasteiger partial charge on any atom is -0.434 e. The van der Waals surface area contributed by atoms with Gasteiger partial charge in [0.05, 0.1) is 0 Å². The summed E-state index contributed by atoms with van der Waals surface area (Å²) < 4.78 is 28.9. The number of alkyl halides is 2. The van der Waals surface area contributed by atoms with Crippen molar-refractivity contribution in [3.05, 3.63) is 28.8 Å². The molecule has 0 aliphatic heterocycles. The van der Waals surface area contributed by atoms with E-state index >= 15 is 0 Å². The Balaban J connectivity index is 2.61. The predicted molar refractivity (Wildman–Crippen MR) is 72.8 cm³/mol. The van der Waals surface area contributed by atoms with Crippen LogP contribution in [0.4, 0.5) is 8.78 Å². The molecule has 0 radical (unpaired) electrons. The molecule has 1 atom stereocenters. The van der Waals surface area contributed by atoms with Crippen LogP contribution in [-0.2, 0) is 11.3 Å². The molecule has 0 aliphatic rings. The molecular formula is C13H17ClF2N2O2. The van der Waals surface area contributed by atoms with E-state index in [0.717, 1.165) is 0 Å². The van der Waals surface area contributed by atoms with E-state index < -0.39 is 6.61 Å². The molecule has 1 rings (SSSR count). The van der Waals surface area contributed by atoms with Crippen LogP contribution in [0.5, 0.6) is 5.75 Å². The second-order valence-corrected chi connectivity index (χ2v) is 4.86. The molecule has 1 unspecified atom stereocenters. The van der Waals surface area contributed by atoms with Crippen LogP contribution >= 0.6 is 11.6 Å². The zero-order valence-electron chi connectivity index (χ0n) is 11.0. The summed E-state index contributed by atoms with van der Waals surface area (Å²) in [5.74, 6) is -0.206. The van der Waals surface area contributed by atoms with Crippen molar-refractivity contribution >= 4 is 17.5 Å². The van der Waals surface area contributed by atoms with Gasteiger partial charge in [-0.25, -0.2) is 0 Å². The van der Waals surface area contributed by atoms with Crippen LogP contribution in [0.25, 0.3) is 0 Å². The zero-order valence-corrected chi connectivity index (χ0v) is 11.8. The molecule has 0 saturated heterocycles. The monoisotopic (exact) mass is 306 g/mol. The van der Waals surface area contributed by atoms with Gasteiger partial charge < -0.3 is 15.8 Å². The number of halogens is 3. The molecule has 0 saturated carbocycles. The summed E-state index contributed by atoms with van der Waals surface area (Å²) in [7, 11) is 0. The van der Waals surface area contributed by atoms with Gasteiger partial charge in [0.15, 0.2) is 0 Å². The van der Waals surface area contributed by atoms with Gasteiger partial charge in [0, 0.05) is 29.6 Å². The molecule has 0 aromatic heterocycles. The third kappa shape index (κ3) is 6.16. The molecule has 1 aromatic carbocycles. The molecule has 0 spiro atoms. The lowest BCUT2D eigenvalue weighted by Gasteiger charge is -2.12. The Morgan fingerprint density at radius 3 is 2.80 bits per heavy atom. The number of carbonyl (C=O) groups excluding carboxylic acids is 1. The van der Waals surface area contributed by atoms with E-state index in [1.165, 1.54) is 18.2 Å². The zero-order chi connectivity index (χ0) is 15.1. The van der Waals surface area contributed by atoms with Crippen LogP contribution in [0.3, 0.4) is 0 Å². The number of hydrogen-bond acceptors (Lipinski definition) is 3. The quantitative estimate of drug-likeness (QED) is 0.814. The van der Waals surface area contributed by atoms with Crippen molar-refractivity contribution in [1.29, 1.82) is 0 Å². The third-order valence-corrected chi connectivity index (χ3v) is 2.78. The first-order valence-corrected chi connectivity index (χ1v) is 6.51. The number of hydrogen-bond donors (Lipinski definition) is 2. The Hall–Kier alpha value is -1.40. The Morgan fingerprint density at radius 2 is 2.20 bits per heavy atom. The van der Waals surface area contributed by atoms with Gasteiger partial charge in [-0.3, -0.25) is 4.79 Å². The second-order valence-electron chi connectivity index (χ2n) is 4.42. The summed E-state index contributed by atoms with van der Waals surface area (Å²) in [6.45, 7) is -1.05. The van der Waals surface area contributed by atoms with Crippen molar-refractivity contribution in [2.45, 2.75) is 39.0 Å².